The van der Waals surface area contributed by atoms with Crippen molar-refractivity contribution in [1.29, 1.82) is 0 Å². The second-order valence-corrected chi connectivity index (χ2v) is 7.89. The molecule has 2 nitrogen and oxygen atoms in total. The van der Waals surface area contributed by atoms with Gasteiger partial charge in [0.15, 0.2) is 5.78 Å². The lowest BCUT2D eigenvalue weighted by Crippen LogP contribution is -2.32. The molecule has 2 aliphatic rings. The molecule has 1 unspecified atom stereocenters. The number of Topliss-reactive ketones (excluding diaryl/α,β-unsaturated/α-hetero) is 1. The van der Waals surface area contributed by atoms with Gasteiger partial charge in [0.1, 0.15) is 5.82 Å². The molecule has 1 saturated carbocycles. The van der Waals surface area contributed by atoms with Gasteiger partial charge in [0, 0.05) is 11.5 Å². The predicted octanol–water partition coefficient (Wildman–Crippen LogP) is 5.59. The van der Waals surface area contributed by atoms with E-state index >= 15 is 0 Å². The van der Waals surface area contributed by atoms with E-state index < -0.39 is 5.82 Å². The second-order valence-electron chi connectivity index (χ2n) is 7.52. The Morgan fingerprint density at radius 2 is 1.79 bits per heavy atom. The Labute approximate surface area is 148 Å². The Kier molecular flexibility index (Phi) is 5.61. The summed E-state index contributed by atoms with van der Waals surface area (Å²) < 4.78 is 19.8. The summed E-state index contributed by atoms with van der Waals surface area (Å²) in [5.74, 6) is 0.810. The van der Waals surface area contributed by atoms with Gasteiger partial charge >= 0.3 is 0 Å². The number of hydrogen-bond acceptors (Lipinski definition) is 2. The minimum Gasteiger partial charge on any atom is -0.378 e. The molecule has 1 aliphatic heterocycles. The fourth-order valence-electron chi connectivity index (χ4n) is 4.18. The fourth-order valence-corrected chi connectivity index (χ4v) is 4.49. The van der Waals surface area contributed by atoms with Crippen LogP contribution in [0, 0.1) is 30.5 Å². The largest absolute Gasteiger partial charge is 0.378 e. The molecule has 1 heterocycles. The molecule has 0 radical (unpaired) electrons. The van der Waals surface area contributed by atoms with E-state index in [9.17, 15) is 9.18 Å². The molecule has 2 fully saturated rings. The number of benzene rings is 1. The first kappa shape index (κ1) is 17.9. The molecule has 4 heteroatoms. The van der Waals surface area contributed by atoms with Crippen LogP contribution in [0.3, 0.4) is 0 Å². The average molecular weight is 353 g/mol. The third-order valence-electron chi connectivity index (χ3n) is 5.89. The van der Waals surface area contributed by atoms with Crippen molar-refractivity contribution in [3.8, 4) is 0 Å². The summed E-state index contributed by atoms with van der Waals surface area (Å²) >= 11 is 6.06. The van der Waals surface area contributed by atoms with Crippen molar-refractivity contribution in [3.63, 3.8) is 0 Å². The maximum Gasteiger partial charge on any atom is 0.167 e. The molecule has 24 heavy (non-hydrogen) atoms. The molecular formula is C20H26ClFO2. The lowest BCUT2D eigenvalue weighted by atomic mass is 9.72. The van der Waals surface area contributed by atoms with Crippen molar-refractivity contribution in [2.75, 3.05) is 6.61 Å². The summed E-state index contributed by atoms with van der Waals surface area (Å²) in [6.07, 6.45) is 6.64. The lowest BCUT2D eigenvalue weighted by molar-refractivity contribution is -0.0290. The number of hydrogen-bond donors (Lipinski definition) is 0. The van der Waals surface area contributed by atoms with Gasteiger partial charge in [-0.25, -0.2) is 4.39 Å². The number of ether oxygens (including phenoxy) is 1. The number of rotatable bonds is 3. The smallest absolute Gasteiger partial charge is 0.167 e. The molecule has 0 aromatic heterocycles. The van der Waals surface area contributed by atoms with Crippen molar-refractivity contribution in [3.05, 3.63) is 34.1 Å². The molecule has 1 aromatic rings. The molecule has 0 spiro atoms. The zero-order valence-electron chi connectivity index (χ0n) is 14.5. The zero-order valence-corrected chi connectivity index (χ0v) is 15.2. The van der Waals surface area contributed by atoms with Crippen LogP contribution in [0.4, 0.5) is 4.39 Å². The molecule has 0 N–H and O–H groups in total. The second kappa shape index (κ2) is 7.53. The molecule has 1 aliphatic carbocycles. The molecule has 0 bridgehead atoms. The van der Waals surface area contributed by atoms with Crippen molar-refractivity contribution in [2.24, 2.45) is 17.8 Å². The number of carbonyl (C=O) groups excluding carboxylic acids is 1. The van der Waals surface area contributed by atoms with Crippen molar-refractivity contribution in [2.45, 2.75) is 58.5 Å². The summed E-state index contributed by atoms with van der Waals surface area (Å²) in [5.41, 5.74) is 0.824. The first-order valence-corrected chi connectivity index (χ1v) is 9.45. The van der Waals surface area contributed by atoms with Gasteiger partial charge < -0.3 is 4.74 Å². The van der Waals surface area contributed by atoms with Crippen LogP contribution in [-0.4, -0.2) is 18.5 Å². The molecule has 2 atom stereocenters. The van der Waals surface area contributed by atoms with Crippen molar-refractivity contribution in [1.82, 2.24) is 0 Å². The van der Waals surface area contributed by atoms with Gasteiger partial charge in [-0.3, -0.25) is 4.79 Å². The van der Waals surface area contributed by atoms with E-state index in [4.69, 9.17) is 16.3 Å². The Morgan fingerprint density at radius 3 is 2.42 bits per heavy atom. The van der Waals surface area contributed by atoms with E-state index in [0.29, 0.717) is 29.1 Å². The summed E-state index contributed by atoms with van der Waals surface area (Å²) in [7, 11) is 0. The highest BCUT2D eigenvalue weighted by molar-refractivity contribution is 6.34. The first-order chi connectivity index (χ1) is 11.5. The number of ketones is 1. The van der Waals surface area contributed by atoms with Gasteiger partial charge in [-0.15, -0.1) is 0 Å². The third-order valence-corrected chi connectivity index (χ3v) is 6.26. The Balaban J connectivity index is 1.60. The predicted molar refractivity (Wildman–Crippen MR) is 94.1 cm³/mol. The van der Waals surface area contributed by atoms with E-state index in [1.165, 1.54) is 6.42 Å². The minimum atomic E-state index is -0.468. The van der Waals surface area contributed by atoms with Gasteiger partial charge in [0.25, 0.3) is 0 Å². The van der Waals surface area contributed by atoms with Gasteiger partial charge in [0.05, 0.1) is 17.7 Å². The zero-order chi connectivity index (χ0) is 17.3. The number of carbonyl (C=O) groups is 1. The highest BCUT2D eigenvalue weighted by Gasteiger charge is 2.33. The standard InChI is InChI=1S/C20H26ClFO2/c1-12-3-10-17(18(21)19(12)22)20(23)15-8-6-14(7-9-15)16-5-4-13(2)24-11-16/h3,10,13-16H,4-9,11H2,1-2H3/t13?,14?,15?,16-/m1/s1. The van der Waals surface area contributed by atoms with Crippen LogP contribution in [0.5, 0.6) is 0 Å². The molecule has 1 aromatic carbocycles. The molecule has 1 saturated heterocycles. The maximum atomic E-state index is 14.0. The van der Waals surface area contributed by atoms with Crippen LogP contribution < -0.4 is 0 Å². The fraction of sp³-hybridized carbons (Fsp3) is 0.650. The summed E-state index contributed by atoms with van der Waals surface area (Å²) in [4.78, 5) is 12.7. The van der Waals surface area contributed by atoms with Crippen LogP contribution in [0.15, 0.2) is 12.1 Å². The van der Waals surface area contributed by atoms with Crippen LogP contribution in [-0.2, 0) is 4.74 Å². The number of aryl methyl sites for hydroxylation is 1. The van der Waals surface area contributed by atoms with Gasteiger partial charge in [0.2, 0.25) is 0 Å². The van der Waals surface area contributed by atoms with E-state index in [0.717, 1.165) is 38.7 Å². The van der Waals surface area contributed by atoms with E-state index in [-0.39, 0.29) is 16.7 Å². The Morgan fingerprint density at radius 1 is 1.12 bits per heavy atom. The maximum absolute atomic E-state index is 14.0. The lowest BCUT2D eigenvalue weighted by Gasteiger charge is -2.36. The van der Waals surface area contributed by atoms with E-state index in [1.807, 2.05) is 0 Å². The summed E-state index contributed by atoms with van der Waals surface area (Å²) in [6.45, 7) is 4.66. The van der Waals surface area contributed by atoms with Crippen LogP contribution in [0.1, 0.15) is 61.4 Å². The highest BCUT2D eigenvalue weighted by atomic mass is 35.5. The Hall–Kier alpha value is -0.930. The molecule has 132 valence electrons. The average Bonchev–Trinajstić information content (AvgIpc) is 2.60. The van der Waals surface area contributed by atoms with Crippen LogP contribution in [0.25, 0.3) is 0 Å². The minimum absolute atomic E-state index is 0.00543. The molecular weight excluding hydrogens is 327 g/mol. The van der Waals surface area contributed by atoms with Gasteiger partial charge in [-0.1, -0.05) is 17.7 Å². The molecule has 3 rings (SSSR count). The van der Waals surface area contributed by atoms with Crippen molar-refractivity contribution < 1.29 is 13.9 Å². The highest BCUT2D eigenvalue weighted by Crippen LogP contribution is 2.39. The monoisotopic (exact) mass is 352 g/mol. The summed E-state index contributed by atoms with van der Waals surface area (Å²) in [5, 5.41) is -0.0169. The first-order valence-electron chi connectivity index (χ1n) is 9.07. The normalized spacial score (nSPS) is 31.0. The van der Waals surface area contributed by atoms with E-state index in [1.54, 1.807) is 19.1 Å². The van der Waals surface area contributed by atoms with Crippen LogP contribution >= 0.6 is 11.6 Å². The van der Waals surface area contributed by atoms with E-state index in [2.05, 4.69) is 6.92 Å². The topological polar surface area (TPSA) is 26.3 Å². The number of halogens is 2. The van der Waals surface area contributed by atoms with Gasteiger partial charge in [-0.2, -0.15) is 0 Å². The van der Waals surface area contributed by atoms with Crippen LogP contribution in [0.2, 0.25) is 5.02 Å². The molecule has 0 amide bonds. The Bertz CT molecular complexity index is 600. The SMILES string of the molecule is Cc1ccc(C(=O)C2CCC([C@@H]3CCC(C)OC3)CC2)c(Cl)c1F. The van der Waals surface area contributed by atoms with Crippen molar-refractivity contribution >= 4 is 17.4 Å². The van der Waals surface area contributed by atoms with Gasteiger partial charge in [-0.05, 0) is 75.8 Å². The quantitative estimate of drug-likeness (QED) is 0.662. The third kappa shape index (κ3) is 3.67. The summed E-state index contributed by atoms with van der Waals surface area (Å²) in [6, 6.07) is 3.31.